The van der Waals surface area contributed by atoms with E-state index >= 15 is 0 Å². The number of likely N-dealkylation sites (tertiary alicyclic amines) is 1. The van der Waals surface area contributed by atoms with Gasteiger partial charge in [0.15, 0.2) is 0 Å². The molecule has 1 rings (SSSR count). The Morgan fingerprint density at radius 1 is 1.50 bits per heavy atom. The lowest BCUT2D eigenvalue weighted by atomic mass is 10.0. The molecule has 5 heteroatoms. The van der Waals surface area contributed by atoms with E-state index < -0.39 is 0 Å². The first-order valence-electron chi connectivity index (χ1n) is 5.91. The Kier molecular flexibility index (Phi) is 5.69. The fourth-order valence-corrected chi connectivity index (χ4v) is 2.17. The van der Waals surface area contributed by atoms with Gasteiger partial charge in [0.25, 0.3) is 0 Å². The van der Waals surface area contributed by atoms with Crippen molar-refractivity contribution >= 4 is 23.1 Å². The predicted octanol–water partition coefficient (Wildman–Crippen LogP) is 0.653. The summed E-state index contributed by atoms with van der Waals surface area (Å²) in [4.78, 5) is 14.2. The van der Waals surface area contributed by atoms with Crippen molar-refractivity contribution in [2.75, 3.05) is 19.6 Å². The monoisotopic (exact) mass is 243 g/mol. The lowest BCUT2D eigenvalue weighted by Crippen LogP contribution is -2.46. The molecule has 0 aromatic heterocycles. The summed E-state index contributed by atoms with van der Waals surface area (Å²) >= 11 is 4.88. The molecule has 0 radical (unpaired) electrons. The van der Waals surface area contributed by atoms with E-state index in [-0.39, 0.29) is 5.91 Å². The summed E-state index contributed by atoms with van der Waals surface area (Å²) in [5, 5.41) is 3.06. The number of amides is 1. The zero-order valence-electron chi connectivity index (χ0n) is 9.87. The van der Waals surface area contributed by atoms with Crippen molar-refractivity contribution in [3.63, 3.8) is 0 Å². The molecule has 0 unspecified atom stereocenters. The molecule has 1 heterocycles. The van der Waals surface area contributed by atoms with Crippen LogP contribution >= 0.6 is 12.2 Å². The quantitative estimate of drug-likeness (QED) is 0.696. The number of thiocarbonyl (C=S) groups is 1. The van der Waals surface area contributed by atoms with Gasteiger partial charge in [0.05, 0.1) is 4.99 Å². The van der Waals surface area contributed by atoms with E-state index in [1.807, 2.05) is 6.92 Å². The van der Waals surface area contributed by atoms with Crippen molar-refractivity contribution in [3.8, 4) is 0 Å². The molecule has 0 aromatic rings. The van der Waals surface area contributed by atoms with E-state index in [0.29, 0.717) is 24.0 Å². The maximum atomic E-state index is 11.4. The number of nitrogens with two attached hydrogens (primary N) is 1. The van der Waals surface area contributed by atoms with Gasteiger partial charge in [-0.25, -0.2) is 0 Å². The second-order valence-corrected chi connectivity index (χ2v) is 4.86. The molecule has 3 N–H and O–H groups in total. The highest BCUT2D eigenvalue weighted by atomic mass is 32.1. The molecular formula is C11H21N3OS. The minimum absolute atomic E-state index is 0.176. The molecule has 0 spiro atoms. The van der Waals surface area contributed by atoms with Crippen LogP contribution in [0.4, 0.5) is 0 Å². The van der Waals surface area contributed by atoms with Gasteiger partial charge in [-0.3, -0.25) is 9.69 Å². The number of hydrogen-bond donors (Lipinski definition) is 2. The van der Waals surface area contributed by atoms with Gasteiger partial charge in [-0.2, -0.15) is 0 Å². The van der Waals surface area contributed by atoms with Crippen molar-refractivity contribution in [2.24, 2.45) is 5.73 Å². The van der Waals surface area contributed by atoms with Gasteiger partial charge in [-0.1, -0.05) is 19.1 Å². The predicted molar refractivity (Wildman–Crippen MR) is 69.3 cm³/mol. The van der Waals surface area contributed by atoms with Crippen LogP contribution in [0.2, 0.25) is 0 Å². The number of nitrogens with one attached hydrogen (secondary N) is 1. The summed E-state index contributed by atoms with van der Waals surface area (Å²) in [7, 11) is 0. The zero-order chi connectivity index (χ0) is 12.0. The second kappa shape index (κ2) is 6.81. The Hall–Kier alpha value is -0.680. The molecule has 0 aromatic carbocycles. The third-order valence-corrected chi connectivity index (χ3v) is 2.94. The fraction of sp³-hybridized carbons (Fsp3) is 0.818. The van der Waals surface area contributed by atoms with E-state index in [1.54, 1.807) is 0 Å². The molecule has 1 fully saturated rings. The largest absolute Gasteiger partial charge is 0.392 e. The van der Waals surface area contributed by atoms with Gasteiger partial charge in [0.1, 0.15) is 0 Å². The first-order valence-corrected chi connectivity index (χ1v) is 6.32. The van der Waals surface area contributed by atoms with Gasteiger partial charge in [0, 0.05) is 32.1 Å². The van der Waals surface area contributed by atoms with E-state index in [2.05, 4.69) is 10.2 Å². The van der Waals surface area contributed by atoms with Crippen LogP contribution in [-0.4, -0.2) is 41.5 Å². The minimum atomic E-state index is 0.176. The van der Waals surface area contributed by atoms with Crippen LogP contribution in [0.15, 0.2) is 0 Å². The normalized spacial score (nSPS) is 18.3. The number of carbonyl (C=O) groups excluding carboxylic acids is 1. The van der Waals surface area contributed by atoms with Crippen molar-refractivity contribution in [1.29, 1.82) is 0 Å². The molecule has 92 valence electrons. The van der Waals surface area contributed by atoms with E-state index in [9.17, 15) is 4.79 Å². The number of carbonyl (C=O) groups is 1. The Morgan fingerprint density at radius 3 is 2.62 bits per heavy atom. The number of nitrogens with zero attached hydrogens (tertiary/aromatic N) is 1. The van der Waals surface area contributed by atoms with Gasteiger partial charge in [-0.15, -0.1) is 0 Å². The van der Waals surface area contributed by atoms with Gasteiger partial charge < -0.3 is 11.1 Å². The highest BCUT2D eigenvalue weighted by Crippen LogP contribution is 2.10. The van der Waals surface area contributed by atoms with Crippen LogP contribution in [0.25, 0.3) is 0 Å². The SMILES string of the molecule is CCCC(=O)NC1CCN(CC(N)=S)CC1. The number of rotatable bonds is 5. The summed E-state index contributed by atoms with van der Waals surface area (Å²) in [6, 6.07) is 0.335. The molecule has 4 nitrogen and oxygen atoms in total. The molecule has 1 saturated heterocycles. The van der Waals surface area contributed by atoms with Crippen LogP contribution in [0, 0.1) is 0 Å². The lowest BCUT2D eigenvalue weighted by Gasteiger charge is -2.31. The highest BCUT2D eigenvalue weighted by molar-refractivity contribution is 7.80. The highest BCUT2D eigenvalue weighted by Gasteiger charge is 2.20. The van der Waals surface area contributed by atoms with Crippen LogP contribution in [-0.2, 0) is 4.79 Å². The standard InChI is InChI=1S/C11H21N3OS/c1-2-3-11(15)13-9-4-6-14(7-5-9)8-10(12)16/h9H,2-8H2,1H3,(H2,12,16)(H,13,15). The Bertz CT molecular complexity index is 250. The molecule has 1 aliphatic heterocycles. The third kappa shape index (κ3) is 4.90. The summed E-state index contributed by atoms with van der Waals surface area (Å²) in [5.41, 5.74) is 5.50. The van der Waals surface area contributed by atoms with Crippen molar-refractivity contribution in [3.05, 3.63) is 0 Å². The average Bonchev–Trinajstić information content (AvgIpc) is 2.20. The molecule has 1 amide bonds. The smallest absolute Gasteiger partial charge is 0.220 e. The van der Waals surface area contributed by atoms with Crippen molar-refractivity contribution < 1.29 is 4.79 Å². The Labute approximate surface area is 103 Å². The Balaban J connectivity index is 2.21. The molecular weight excluding hydrogens is 222 g/mol. The summed E-state index contributed by atoms with van der Waals surface area (Å²) in [5.74, 6) is 0.176. The molecule has 0 saturated carbocycles. The van der Waals surface area contributed by atoms with Crippen molar-refractivity contribution in [2.45, 2.75) is 38.6 Å². The number of piperidine rings is 1. The first kappa shape index (κ1) is 13.4. The second-order valence-electron chi connectivity index (χ2n) is 4.33. The number of hydrogen-bond acceptors (Lipinski definition) is 3. The topological polar surface area (TPSA) is 58.4 Å². The molecule has 16 heavy (non-hydrogen) atoms. The molecule has 1 aliphatic rings. The molecule has 0 bridgehead atoms. The molecule has 0 atom stereocenters. The van der Waals surface area contributed by atoms with Gasteiger partial charge in [-0.05, 0) is 19.3 Å². The van der Waals surface area contributed by atoms with Crippen LogP contribution in [0.3, 0.4) is 0 Å². The maximum Gasteiger partial charge on any atom is 0.220 e. The van der Waals surface area contributed by atoms with Gasteiger partial charge >= 0.3 is 0 Å². The summed E-state index contributed by atoms with van der Waals surface area (Å²) < 4.78 is 0. The first-order chi connectivity index (χ1) is 7.61. The van der Waals surface area contributed by atoms with Crippen LogP contribution in [0.1, 0.15) is 32.6 Å². The van der Waals surface area contributed by atoms with E-state index in [0.717, 1.165) is 32.4 Å². The fourth-order valence-electron chi connectivity index (χ4n) is 1.98. The average molecular weight is 243 g/mol. The zero-order valence-corrected chi connectivity index (χ0v) is 10.7. The minimum Gasteiger partial charge on any atom is -0.392 e. The molecule has 0 aliphatic carbocycles. The summed E-state index contributed by atoms with van der Waals surface area (Å²) in [6.07, 6.45) is 3.54. The summed E-state index contributed by atoms with van der Waals surface area (Å²) in [6.45, 7) is 4.65. The Morgan fingerprint density at radius 2 is 2.12 bits per heavy atom. The van der Waals surface area contributed by atoms with E-state index in [4.69, 9.17) is 18.0 Å². The van der Waals surface area contributed by atoms with Crippen molar-refractivity contribution in [1.82, 2.24) is 10.2 Å². The maximum absolute atomic E-state index is 11.4. The van der Waals surface area contributed by atoms with Gasteiger partial charge in [0.2, 0.25) is 5.91 Å². The lowest BCUT2D eigenvalue weighted by molar-refractivity contribution is -0.122. The van der Waals surface area contributed by atoms with Crippen LogP contribution in [0.5, 0.6) is 0 Å². The third-order valence-electron chi connectivity index (χ3n) is 2.81. The van der Waals surface area contributed by atoms with E-state index in [1.165, 1.54) is 0 Å². The van der Waals surface area contributed by atoms with Crippen LogP contribution < -0.4 is 11.1 Å².